The first-order valence-corrected chi connectivity index (χ1v) is 11.6. The Kier molecular flexibility index (Phi) is 7.39. The number of nitrogens with zero attached hydrogens (tertiary/aromatic N) is 5. The Morgan fingerprint density at radius 3 is 2.00 bits per heavy atom. The van der Waals surface area contributed by atoms with Crippen molar-refractivity contribution < 1.29 is 14.3 Å². The molecule has 0 aromatic carbocycles. The second-order valence-corrected chi connectivity index (χ2v) is 8.55. The van der Waals surface area contributed by atoms with Crippen molar-refractivity contribution in [1.29, 1.82) is 0 Å². The SMILES string of the molecule is O=C(CSc1nc(N2CCOCC2)nc(N2CCOCC2)n1)NC1CCCCC1. The summed E-state index contributed by atoms with van der Waals surface area (Å²) >= 11 is 1.38. The highest BCUT2D eigenvalue weighted by Gasteiger charge is 2.22. The van der Waals surface area contributed by atoms with Gasteiger partial charge in [-0.2, -0.15) is 15.0 Å². The zero-order chi connectivity index (χ0) is 19.9. The van der Waals surface area contributed by atoms with Gasteiger partial charge in [-0.25, -0.2) is 0 Å². The zero-order valence-electron chi connectivity index (χ0n) is 16.8. The number of aromatic nitrogens is 3. The van der Waals surface area contributed by atoms with Gasteiger partial charge in [0.05, 0.1) is 32.2 Å². The average molecular weight is 423 g/mol. The summed E-state index contributed by atoms with van der Waals surface area (Å²) in [7, 11) is 0. The van der Waals surface area contributed by atoms with Crippen LogP contribution in [0.5, 0.6) is 0 Å². The van der Waals surface area contributed by atoms with E-state index in [1.807, 2.05) is 0 Å². The molecule has 2 saturated heterocycles. The van der Waals surface area contributed by atoms with Crippen molar-refractivity contribution in [2.24, 2.45) is 0 Å². The largest absolute Gasteiger partial charge is 0.378 e. The van der Waals surface area contributed by atoms with E-state index in [4.69, 9.17) is 14.5 Å². The molecular weight excluding hydrogens is 392 g/mol. The molecule has 1 aromatic heterocycles. The van der Waals surface area contributed by atoms with Gasteiger partial charge in [0.2, 0.25) is 17.8 Å². The van der Waals surface area contributed by atoms with Gasteiger partial charge < -0.3 is 24.6 Å². The van der Waals surface area contributed by atoms with Gasteiger partial charge in [-0.15, -0.1) is 0 Å². The Morgan fingerprint density at radius 2 is 1.45 bits per heavy atom. The maximum Gasteiger partial charge on any atom is 0.231 e. The molecule has 9 nitrogen and oxygen atoms in total. The smallest absolute Gasteiger partial charge is 0.231 e. The van der Waals surface area contributed by atoms with Crippen molar-refractivity contribution in [2.45, 2.75) is 43.3 Å². The van der Waals surface area contributed by atoms with Crippen molar-refractivity contribution in [2.75, 3.05) is 68.2 Å². The molecule has 0 spiro atoms. The van der Waals surface area contributed by atoms with E-state index in [0.717, 1.165) is 39.0 Å². The van der Waals surface area contributed by atoms with Gasteiger partial charge in [-0.1, -0.05) is 31.0 Å². The lowest BCUT2D eigenvalue weighted by molar-refractivity contribution is -0.119. The van der Waals surface area contributed by atoms with Crippen LogP contribution in [0.25, 0.3) is 0 Å². The highest BCUT2D eigenvalue weighted by Crippen LogP contribution is 2.22. The number of carbonyl (C=O) groups excluding carboxylic acids is 1. The molecule has 3 heterocycles. The molecule has 4 rings (SSSR count). The molecule has 10 heteroatoms. The summed E-state index contributed by atoms with van der Waals surface area (Å²) in [5, 5.41) is 3.76. The topological polar surface area (TPSA) is 92.7 Å². The summed E-state index contributed by atoms with van der Waals surface area (Å²) in [6.45, 7) is 5.74. The molecule has 0 radical (unpaired) electrons. The summed E-state index contributed by atoms with van der Waals surface area (Å²) in [6, 6.07) is 0.322. The lowest BCUT2D eigenvalue weighted by Crippen LogP contribution is -2.40. The fraction of sp³-hybridized carbons (Fsp3) is 0.789. The van der Waals surface area contributed by atoms with Gasteiger partial charge in [0.15, 0.2) is 5.16 Å². The van der Waals surface area contributed by atoms with Gasteiger partial charge in [-0.3, -0.25) is 4.79 Å². The number of carbonyl (C=O) groups is 1. The Labute approximate surface area is 175 Å². The minimum absolute atomic E-state index is 0.0585. The van der Waals surface area contributed by atoms with Crippen molar-refractivity contribution >= 4 is 29.6 Å². The summed E-state index contributed by atoms with van der Waals surface area (Å²) in [6.07, 6.45) is 5.87. The van der Waals surface area contributed by atoms with E-state index in [2.05, 4.69) is 25.1 Å². The molecule has 1 aromatic rings. The molecule has 160 valence electrons. The summed E-state index contributed by atoms with van der Waals surface area (Å²) in [5.74, 6) is 1.72. The number of nitrogens with one attached hydrogen (secondary N) is 1. The van der Waals surface area contributed by atoms with E-state index in [1.165, 1.54) is 31.0 Å². The van der Waals surface area contributed by atoms with Crippen LogP contribution in [0.2, 0.25) is 0 Å². The molecule has 3 aliphatic rings. The van der Waals surface area contributed by atoms with E-state index in [-0.39, 0.29) is 5.91 Å². The second kappa shape index (κ2) is 10.4. The average Bonchev–Trinajstić information content (AvgIpc) is 2.79. The van der Waals surface area contributed by atoms with Crippen molar-refractivity contribution in [3.8, 4) is 0 Å². The third kappa shape index (κ3) is 5.93. The predicted molar refractivity (Wildman–Crippen MR) is 112 cm³/mol. The number of amides is 1. The van der Waals surface area contributed by atoms with Crippen LogP contribution in [0.1, 0.15) is 32.1 Å². The Balaban J connectivity index is 1.43. The monoisotopic (exact) mass is 422 g/mol. The first kappa shape index (κ1) is 20.6. The molecule has 1 saturated carbocycles. The van der Waals surface area contributed by atoms with Crippen LogP contribution in [0.15, 0.2) is 5.16 Å². The van der Waals surface area contributed by atoms with Gasteiger partial charge >= 0.3 is 0 Å². The number of anilines is 2. The van der Waals surface area contributed by atoms with Crippen LogP contribution in [0, 0.1) is 0 Å². The number of rotatable bonds is 6. The molecule has 3 fully saturated rings. The minimum atomic E-state index is 0.0585. The maximum absolute atomic E-state index is 12.4. The van der Waals surface area contributed by atoms with E-state index in [1.54, 1.807) is 0 Å². The molecule has 1 aliphatic carbocycles. The van der Waals surface area contributed by atoms with E-state index >= 15 is 0 Å². The normalized spacial score (nSPS) is 21.2. The molecule has 1 amide bonds. The highest BCUT2D eigenvalue weighted by atomic mass is 32.2. The Morgan fingerprint density at radius 1 is 0.897 bits per heavy atom. The van der Waals surface area contributed by atoms with E-state index in [0.29, 0.717) is 55.3 Å². The van der Waals surface area contributed by atoms with Gasteiger partial charge in [0, 0.05) is 32.2 Å². The summed E-state index contributed by atoms with van der Waals surface area (Å²) in [4.78, 5) is 30.6. The van der Waals surface area contributed by atoms with Crippen LogP contribution in [-0.4, -0.2) is 85.3 Å². The molecule has 1 N–H and O–H groups in total. The Bertz CT molecular complexity index is 640. The fourth-order valence-corrected chi connectivity index (χ4v) is 4.49. The molecule has 2 aliphatic heterocycles. The number of morpholine rings is 2. The first-order valence-electron chi connectivity index (χ1n) is 10.6. The molecular formula is C19H30N6O3S. The van der Waals surface area contributed by atoms with E-state index < -0.39 is 0 Å². The third-order valence-electron chi connectivity index (χ3n) is 5.48. The number of hydrogen-bond acceptors (Lipinski definition) is 9. The van der Waals surface area contributed by atoms with Crippen molar-refractivity contribution in [1.82, 2.24) is 20.3 Å². The fourth-order valence-electron chi connectivity index (χ4n) is 3.86. The number of ether oxygens (including phenoxy) is 2. The van der Waals surface area contributed by atoms with Crippen LogP contribution < -0.4 is 15.1 Å². The van der Waals surface area contributed by atoms with Crippen molar-refractivity contribution in [3.63, 3.8) is 0 Å². The molecule has 0 atom stereocenters. The lowest BCUT2D eigenvalue weighted by Gasteiger charge is -2.30. The van der Waals surface area contributed by atoms with Gasteiger partial charge in [-0.05, 0) is 12.8 Å². The summed E-state index contributed by atoms with van der Waals surface area (Å²) < 4.78 is 10.9. The minimum Gasteiger partial charge on any atom is -0.378 e. The first-order chi connectivity index (χ1) is 14.3. The quantitative estimate of drug-likeness (QED) is 0.676. The van der Waals surface area contributed by atoms with Crippen LogP contribution in [0.4, 0.5) is 11.9 Å². The summed E-state index contributed by atoms with van der Waals surface area (Å²) in [5.41, 5.74) is 0. The third-order valence-corrected chi connectivity index (χ3v) is 6.33. The zero-order valence-corrected chi connectivity index (χ0v) is 17.7. The van der Waals surface area contributed by atoms with E-state index in [9.17, 15) is 4.79 Å². The highest BCUT2D eigenvalue weighted by molar-refractivity contribution is 7.99. The molecule has 0 unspecified atom stereocenters. The Hall–Kier alpha value is -1.65. The lowest BCUT2D eigenvalue weighted by atomic mass is 9.95. The molecule has 0 bridgehead atoms. The molecule has 29 heavy (non-hydrogen) atoms. The van der Waals surface area contributed by atoms with Crippen molar-refractivity contribution in [3.05, 3.63) is 0 Å². The van der Waals surface area contributed by atoms with Crippen LogP contribution in [-0.2, 0) is 14.3 Å². The van der Waals surface area contributed by atoms with Crippen LogP contribution >= 0.6 is 11.8 Å². The number of thioether (sulfide) groups is 1. The van der Waals surface area contributed by atoms with Gasteiger partial charge in [0.1, 0.15) is 0 Å². The second-order valence-electron chi connectivity index (χ2n) is 7.61. The standard InChI is InChI=1S/C19H30N6O3S/c26-16(20-15-4-2-1-3-5-15)14-29-19-22-17(24-6-10-27-11-7-24)21-18(23-19)25-8-12-28-13-9-25/h15H,1-14H2,(H,20,26). The van der Waals surface area contributed by atoms with Crippen LogP contribution in [0.3, 0.4) is 0 Å². The predicted octanol–water partition coefficient (Wildman–Crippen LogP) is 1.09. The number of hydrogen-bond donors (Lipinski definition) is 1. The van der Waals surface area contributed by atoms with Gasteiger partial charge in [0.25, 0.3) is 0 Å². The maximum atomic E-state index is 12.4.